The Labute approximate surface area is 163 Å². The molecule has 1 amide bonds. The van der Waals surface area contributed by atoms with Crippen molar-refractivity contribution in [2.75, 3.05) is 16.8 Å². The molecule has 2 atom stereocenters. The molecule has 1 aliphatic rings. The number of anilines is 1. The van der Waals surface area contributed by atoms with E-state index in [1.807, 2.05) is 34.9 Å². The Morgan fingerprint density at radius 2 is 2.15 bits per heavy atom. The Balaban J connectivity index is 1.74. The van der Waals surface area contributed by atoms with E-state index in [2.05, 4.69) is 22.1 Å². The molecule has 3 rings (SSSR count). The fourth-order valence-corrected chi connectivity index (χ4v) is 5.57. The van der Waals surface area contributed by atoms with Crippen LogP contribution >= 0.6 is 11.8 Å². The number of rotatable bonds is 7. The minimum atomic E-state index is -3.01. The van der Waals surface area contributed by atoms with Gasteiger partial charge in [0.15, 0.2) is 15.0 Å². The number of aromatic nitrogens is 3. The number of nitrogens with zero attached hydrogens (tertiary/aromatic N) is 3. The van der Waals surface area contributed by atoms with E-state index in [0.29, 0.717) is 23.9 Å². The standard InChI is InChI=1S/C18H22N4O3S2/c1-3-10-22-16(14-9-11-27(24,25)12-14)20-21-18(22)26-13(2)17(23)19-15-7-5-4-6-8-15/h3-8,13-14H,1,9-12H2,2H3,(H,19,23)/t13-,14-/m1/s1. The monoisotopic (exact) mass is 406 g/mol. The number of allylic oxidation sites excluding steroid dienone is 1. The maximum absolute atomic E-state index is 12.4. The van der Waals surface area contributed by atoms with Gasteiger partial charge in [0.05, 0.1) is 16.8 Å². The van der Waals surface area contributed by atoms with Crippen molar-refractivity contribution in [2.45, 2.75) is 36.2 Å². The van der Waals surface area contributed by atoms with E-state index >= 15 is 0 Å². The third-order valence-corrected chi connectivity index (χ3v) is 7.20. The average Bonchev–Trinajstić information content (AvgIpc) is 3.19. The van der Waals surface area contributed by atoms with Crippen molar-refractivity contribution >= 4 is 33.2 Å². The van der Waals surface area contributed by atoms with Gasteiger partial charge < -0.3 is 9.88 Å². The Morgan fingerprint density at radius 1 is 1.41 bits per heavy atom. The first kappa shape index (κ1) is 19.6. The molecule has 1 saturated heterocycles. The van der Waals surface area contributed by atoms with Gasteiger partial charge in [-0.05, 0) is 25.5 Å². The molecule has 2 aromatic rings. The predicted molar refractivity (Wildman–Crippen MR) is 107 cm³/mol. The van der Waals surface area contributed by atoms with Crippen molar-refractivity contribution in [3.8, 4) is 0 Å². The second-order valence-electron chi connectivity index (χ2n) is 6.46. The lowest BCUT2D eigenvalue weighted by atomic mass is 10.1. The van der Waals surface area contributed by atoms with Crippen LogP contribution in [-0.2, 0) is 21.2 Å². The molecule has 7 nitrogen and oxygen atoms in total. The van der Waals surface area contributed by atoms with E-state index in [1.165, 1.54) is 11.8 Å². The van der Waals surface area contributed by atoms with Crippen molar-refractivity contribution < 1.29 is 13.2 Å². The minimum Gasteiger partial charge on any atom is -0.325 e. The van der Waals surface area contributed by atoms with Gasteiger partial charge in [-0.3, -0.25) is 4.79 Å². The summed E-state index contributed by atoms with van der Waals surface area (Å²) in [6.07, 6.45) is 2.27. The molecule has 1 N–H and O–H groups in total. The van der Waals surface area contributed by atoms with Gasteiger partial charge in [0.25, 0.3) is 0 Å². The van der Waals surface area contributed by atoms with Crippen LogP contribution < -0.4 is 5.32 Å². The van der Waals surface area contributed by atoms with Gasteiger partial charge in [0.2, 0.25) is 5.91 Å². The zero-order valence-electron chi connectivity index (χ0n) is 15.0. The number of para-hydroxylation sites is 1. The lowest BCUT2D eigenvalue weighted by Crippen LogP contribution is -2.23. The Hall–Kier alpha value is -2.13. The van der Waals surface area contributed by atoms with E-state index in [1.54, 1.807) is 13.0 Å². The summed E-state index contributed by atoms with van der Waals surface area (Å²) in [5.41, 5.74) is 0.736. The van der Waals surface area contributed by atoms with Crippen LogP contribution in [0.5, 0.6) is 0 Å². The molecule has 0 spiro atoms. The first-order valence-electron chi connectivity index (χ1n) is 8.66. The van der Waals surface area contributed by atoms with Crippen molar-refractivity contribution in [1.82, 2.24) is 14.8 Å². The molecular formula is C18H22N4O3S2. The molecule has 0 radical (unpaired) electrons. The molecule has 1 aliphatic heterocycles. The predicted octanol–water partition coefficient (Wildman–Crippen LogP) is 2.49. The first-order valence-corrected chi connectivity index (χ1v) is 11.4. The number of benzene rings is 1. The number of amides is 1. The zero-order valence-corrected chi connectivity index (χ0v) is 16.7. The molecule has 9 heteroatoms. The van der Waals surface area contributed by atoms with E-state index in [-0.39, 0.29) is 23.3 Å². The summed E-state index contributed by atoms with van der Waals surface area (Å²) in [6, 6.07) is 9.25. The number of sulfone groups is 1. The van der Waals surface area contributed by atoms with Crippen molar-refractivity contribution in [2.24, 2.45) is 0 Å². The van der Waals surface area contributed by atoms with Crippen LogP contribution in [0.3, 0.4) is 0 Å². The number of hydrogen-bond donors (Lipinski definition) is 1. The van der Waals surface area contributed by atoms with Crippen LogP contribution in [0.25, 0.3) is 0 Å². The van der Waals surface area contributed by atoms with Crippen LogP contribution in [0.1, 0.15) is 25.1 Å². The van der Waals surface area contributed by atoms with Gasteiger partial charge >= 0.3 is 0 Å². The summed E-state index contributed by atoms with van der Waals surface area (Å²) in [6.45, 7) is 6.03. The Kier molecular flexibility index (Phi) is 6.01. The second kappa shape index (κ2) is 8.26. The van der Waals surface area contributed by atoms with Crippen LogP contribution in [0, 0.1) is 0 Å². The van der Waals surface area contributed by atoms with Gasteiger partial charge in [-0.15, -0.1) is 16.8 Å². The van der Waals surface area contributed by atoms with Gasteiger partial charge in [-0.2, -0.15) is 0 Å². The second-order valence-corrected chi connectivity index (χ2v) is 9.99. The number of thioether (sulfide) groups is 1. The van der Waals surface area contributed by atoms with Gasteiger partial charge in [0, 0.05) is 18.2 Å². The third kappa shape index (κ3) is 4.78. The summed E-state index contributed by atoms with van der Waals surface area (Å²) >= 11 is 1.30. The molecule has 0 saturated carbocycles. The zero-order chi connectivity index (χ0) is 19.4. The SMILES string of the molecule is C=CCn1c(S[C@H](C)C(=O)Nc2ccccc2)nnc1[C@@H]1CCS(=O)(=O)C1. The molecule has 144 valence electrons. The quantitative estimate of drug-likeness (QED) is 0.561. The number of carbonyl (C=O) groups is 1. The third-order valence-electron chi connectivity index (χ3n) is 4.35. The van der Waals surface area contributed by atoms with E-state index in [0.717, 1.165) is 5.69 Å². The molecule has 2 heterocycles. The lowest BCUT2D eigenvalue weighted by molar-refractivity contribution is -0.115. The van der Waals surface area contributed by atoms with E-state index < -0.39 is 15.1 Å². The molecule has 1 aromatic carbocycles. The van der Waals surface area contributed by atoms with E-state index in [4.69, 9.17) is 0 Å². The summed E-state index contributed by atoms with van der Waals surface area (Å²) in [4.78, 5) is 12.4. The highest BCUT2D eigenvalue weighted by molar-refractivity contribution is 8.00. The van der Waals surface area contributed by atoms with Gasteiger partial charge in [-0.1, -0.05) is 36.0 Å². The van der Waals surface area contributed by atoms with E-state index in [9.17, 15) is 13.2 Å². The van der Waals surface area contributed by atoms with Crippen LogP contribution in [-0.4, -0.2) is 45.8 Å². The minimum absolute atomic E-state index is 0.0942. The Morgan fingerprint density at radius 3 is 2.78 bits per heavy atom. The van der Waals surface area contributed by atoms with Crippen LogP contribution in [0.15, 0.2) is 48.1 Å². The lowest BCUT2D eigenvalue weighted by Gasteiger charge is -2.14. The summed E-state index contributed by atoms with van der Waals surface area (Å²) in [7, 11) is -3.01. The molecule has 1 fully saturated rings. The first-order chi connectivity index (χ1) is 12.9. The normalized spacial score (nSPS) is 19.5. The maximum atomic E-state index is 12.4. The highest BCUT2D eigenvalue weighted by atomic mass is 32.2. The molecule has 0 bridgehead atoms. The van der Waals surface area contributed by atoms with Crippen molar-refractivity contribution in [3.63, 3.8) is 0 Å². The molecule has 1 aromatic heterocycles. The summed E-state index contributed by atoms with van der Waals surface area (Å²) in [5, 5.41) is 11.5. The topological polar surface area (TPSA) is 93.9 Å². The van der Waals surface area contributed by atoms with Crippen molar-refractivity contribution in [3.05, 3.63) is 48.8 Å². The number of hydrogen-bond acceptors (Lipinski definition) is 6. The largest absolute Gasteiger partial charge is 0.325 e. The average molecular weight is 407 g/mol. The smallest absolute Gasteiger partial charge is 0.237 e. The number of carbonyl (C=O) groups excluding carboxylic acids is 1. The van der Waals surface area contributed by atoms with Crippen molar-refractivity contribution in [1.29, 1.82) is 0 Å². The van der Waals surface area contributed by atoms with Crippen LogP contribution in [0.2, 0.25) is 0 Å². The fraction of sp³-hybridized carbons (Fsp3) is 0.389. The van der Waals surface area contributed by atoms with Crippen LogP contribution in [0.4, 0.5) is 5.69 Å². The molecular weight excluding hydrogens is 384 g/mol. The maximum Gasteiger partial charge on any atom is 0.237 e. The summed E-state index contributed by atoms with van der Waals surface area (Å²) in [5.74, 6) is 0.622. The Bertz CT molecular complexity index is 925. The molecule has 0 aliphatic carbocycles. The molecule has 27 heavy (non-hydrogen) atoms. The molecule has 0 unspecified atom stereocenters. The summed E-state index contributed by atoms with van der Waals surface area (Å²) < 4.78 is 25.4. The highest BCUT2D eigenvalue weighted by Crippen LogP contribution is 2.31. The fourth-order valence-electron chi connectivity index (χ4n) is 2.97. The van der Waals surface area contributed by atoms with Gasteiger partial charge in [0.1, 0.15) is 5.82 Å². The highest BCUT2D eigenvalue weighted by Gasteiger charge is 2.33. The van der Waals surface area contributed by atoms with Gasteiger partial charge in [-0.25, -0.2) is 8.42 Å². The number of nitrogens with one attached hydrogen (secondary N) is 1.